The van der Waals surface area contributed by atoms with Crippen LogP contribution in [0.25, 0.3) is 5.69 Å². The van der Waals surface area contributed by atoms with E-state index < -0.39 is 5.97 Å². The van der Waals surface area contributed by atoms with Gasteiger partial charge in [-0.15, -0.1) is 0 Å². The molecule has 0 saturated heterocycles. The third kappa shape index (κ3) is 2.78. The second-order valence-electron chi connectivity index (χ2n) is 5.33. The molecule has 0 atom stereocenters. The summed E-state index contributed by atoms with van der Waals surface area (Å²) in [6, 6.07) is 8.16. The summed E-state index contributed by atoms with van der Waals surface area (Å²) in [6.07, 6.45) is 3.79. The standard InChI is InChI=1S/C16H15BrN4O2/c1-23-16(22)15-13(19)9(7-18)8-21(15)14-11(17)3-2-4-12(14)20-10-5-6-10/h2-4,8,10,20H,5-6,19H2,1H3. The number of aromatic nitrogens is 1. The minimum atomic E-state index is -0.586. The van der Waals surface area contributed by atoms with Crippen LogP contribution in [0.5, 0.6) is 0 Å². The van der Waals surface area contributed by atoms with E-state index in [1.54, 1.807) is 10.8 Å². The first kappa shape index (κ1) is 15.4. The highest BCUT2D eigenvalue weighted by Gasteiger charge is 2.26. The van der Waals surface area contributed by atoms with Gasteiger partial charge in [0.15, 0.2) is 5.69 Å². The number of para-hydroxylation sites is 1. The molecule has 3 rings (SSSR count). The molecule has 2 aromatic rings. The normalized spacial score (nSPS) is 13.4. The van der Waals surface area contributed by atoms with Crippen molar-refractivity contribution in [2.75, 3.05) is 18.2 Å². The third-order valence-electron chi connectivity index (χ3n) is 3.71. The maximum Gasteiger partial charge on any atom is 0.357 e. The predicted molar refractivity (Wildman–Crippen MR) is 90.6 cm³/mol. The van der Waals surface area contributed by atoms with E-state index in [4.69, 9.17) is 10.5 Å². The number of nitriles is 1. The summed E-state index contributed by atoms with van der Waals surface area (Å²) in [5, 5.41) is 12.7. The Kier molecular flexibility index (Phi) is 4.01. The fraction of sp³-hybridized carbons (Fsp3) is 0.250. The number of nitrogen functional groups attached to an aromatic ring is 1. The van der Waals surface area contributed by atoms with Crippen molar-refractivity contribution in [1.29, 1.82) is 5.26 Å². The van der Waals surface area contributed by atoms with Crippen LogP contribution in [-0.2, 0) is 4.74 Å². The van der Waals surface area contributed by atoms with Crippen LogP contribution in [0.3, 0.4) is 0 Å². The molecule has 0 unspecified atom stereocenters. The zero-order valence-electron chi connectivity index (χ0n) is 12.5. The van der Waals surface area contributed by atoms with Gasteiger partial charge in [-0.05, 0) is 40.9 Å². The van der Waals surface area contributed by atoms with E-state index in [-0.39, 0.29) is 16.9 Å². The first-order chi connectivity index (χ1) is 11.1. The molecule has 1 fully saturated rings. The Bertz CT molecular complexity index is 818. The van der Waals surface area contributed by atoms with E-state index in [1.165, 1.54) is 7.11 Å². The maximum atomic E-state index is 12.1. The number of benzene rings is 1. The van der Waals surface area contributed by atoms with Gasteiger partial charge < -0.3 is 20.4 Å². The van der Waals surface area contributed by atoms with E-state index in [0.717, 1.165) is 28.7 Å². The number of nitrogens with one attached hydrogen (secondary N) is 1. The van der Waals surface area contributed by atoms with Gasteiger partial charge in [-0.1, -0.05) is 6.07 Å². The summed E-state index contributed by atoms with van der Waals surface area (Å²) >= 11 is 3.52. The van der Waals surface area contributed by atoms with E-state index in [1.807, 2.05) is 24.3 Å². The highest BCUT2D eigenvalue weighted by molar-refractivity contribution is 9.10. The van der Waals surface area contributed by atoms with Gasteiger partial charge in [0.2, 0.25) is 0 Å². The van der Waals surface area contributed by atoms with Gasteiger partial charge in [-0.3, -0.25) is 0 Å². The summed E-state index contributed by atoms with van der Waals surface area (Å²) in [6.45, 7) is 0. The molecule has 118 valence electrons. The Morgan fingerprint density at radius 3 is 2.87 bits per heavy atom. The van der Waals surface area contributed by atoms with Gasteiger partial charge in [0.05, 0.1) is 29.7 Å². The smallest absolute Gasteiger partial charge is 0.357 e. The highest BCUT2D eigenvalue weighted by Crippen LogP contribution is 2.36. The minimum Gasteiger partial charge on any atom is -0.464 e. The average molecular weight is 375 g/mol. The second kappa shape index (κ2) is 5.97. The number of nitrogens with zero attached hydrogens (tertiary/aromatic N) is 2. The van der Waals surface area contributed by atoms with Crippen LogP contribution in [0.1, 0.15) is 28.9 Å². The monoisotopic (exact) mass is 374 g/mol. The lowest BCUT2D eigenvalue weighted by Gasteiger charge is -2.16. The largest absolute Gasteiger partial charge is 0.464 e. The highest BCUT2D eigenvalue weighted by atomic mass is 79.9. The van der Waals surface area contributed by atoms with Crippen molar-refractivity contribution in [1.82, 2.24) is 4.57 Å². The number of rotatable bonds is 4. The number of hydrogen-bond donors (Lipinski definition) is 2. The van der Waals surface area contributed by atoms with Crippen molar-refractivity contribution in [2.45, 2.75) is 18.9 Å². The van der Waals surface area contributed by atoms with Crippen LogP contribution < -0.4 is 11.1 Å². The third-order valence-corrected chi connectivity index (χ3v) is 4.35. The van der Waals surface area contributed by atoms with Crippen molar-refractivity contribution in [3.05, 3.63) is 40.1 Å². The minimum absolute atomic E-state index is 0.118. The number of ether oxygens (including phenoxy) is 1. The number of hydrogen-bond acceptors (Lipinski definition) is 5. The number of halogens is 1. The molecule has 23 heavy (non-hydrogen) atoms. The van der Waals surface area contributed by atoms with E-state index >= 15 is 0 Å². The van der Waals surface area contributed by atoms with Crippen LogP contribution in [0, 0.1) is 11.3 Å². The van der Waals surface area contributed by atoms with E-state index in [0.29, 0.717) is 6.04 Å². The molecule has 1 aromatic heterocycles. The molecular weight excluding hydrogens is 360 g/mol. The number of methoxy groups -OCH3 is 1. The van der Waals surface area contributed by atoms with Gasteiger partial charge in [0.25, 0.3) is 0 Å². The van der Waals surface area contributed by atoms with Crippen LogP contribution in [-0.4, -0.2) is 23.7 Å². The van der Waals surface area contributed by atoms with Gasteiger partial charge >= 0.3 is 5.97 Å². The predicted octanol–water partition coefficient (Wildman–Crippen LogP) is 3.05. The molecular formula is C16H15BrN4O2. The molecule has 1 heterocycles. The topological polar surface area (TPSA) is 93.1 Å². The quantitative estimate of drug-likeness (QED) is 0.802. The van der Waals surface area contributed by atoms with Crippen molar-refractivity contribution >= 4 is 33.3 Å². The van der Waals surface area contributed by atoms with Crippen LogP contribution in [0.4, 0.5) is 11.4 Å². The zero-order chi connectivity index (χ0) is 16.6. The molecule has 0 bridgehead atoms. The Balaban J connectivity index is 2.22. The van der Waals surface area contributed by atoms with Gasteiger partial charge in [-0.2, -0.15) is 5.26 Å². The van der Waals surface area contributed by atoms with Gasteiger partial charge in [0, 0.05) is 16.7 Å². The van der Waals surface area contributed by atoms with Crippen LogP contribution >= 0.6 is 15.9 Å². The lowest BCUT2D eigenvalue weighted by Crippen LogP contribution is -2.13. The second-order valence-corrected chi connectivity index (χ2v) is 6.19. The summed E-state index contributed by atoms with van der Waals surface area (Å²) in [7, 11) is 1.29. The molecule has 7 heteroatoms. The first-order valence-electron chi connectivity index (χ1n) is 7.11. The molecule has 3 N–H and O–H groups in total. The number of carbonyl (C=O) groups is 1. The zero-order valence-corrected chi connectivity index (χ0v) is 14.1. The molecule has 0 amide bonds. The number of nitrogens with two attached hydrogens (primary N) is 1. The summed E-state index contributed by atoms with van der Waals surface area (Å²) < 4.78 is 7.22. The lowest BCUT2D eigenvalue weighted by molar-refractivity contribution is 0.0593. The molecule has 1 aliphatic carbocycles. The number of anilines is 2. The lowest BCUT2D eigenvalue weighted by atomic mass is 10.2. The van der Waals surface area contributed by atoms with Crippen molar-refractivity contribution in [3.63, 3.8) is 0 Å². The average Bonchev–Trinajstić information content (AvgIpc) is 3.29. The molecule has 0 spiro atoms. The maximum absolute atomic E-state index is 12.1. The molecule has 0 radical (unpaired) electrons. The van der Waals surface area contributed by atoms with Gasteiger partial charge in [-0.25, -0.2) is 4.79 Å². The fourth-order valence-corrected chi connectivity index (χ4v) is 2.97. The summed E-state index contributed by atoms with van der Waals surface area (Å²) in [5.74, 6) is -0.586. The SMILES string of the molecule is COC(=O)c1c(N)c(C#N)cn1-c1c(Br)cccc1NC1CC1. The molecule has 1 aromatic carbocycles. The fourth-order valence-electron chi connectivity index (χ4n) is 2.42. The Morgan fingerprint density at radius 2 is 2.26 bits per heavy atom. The summed E-state index contributed by atoms with van der Waals surface area (Å²) in [4.78, 5) is 12.1. The Hall–Kier alpha value is -2.46. The molecule has 1 saturated carbocycles. The van der Waals surface area contributed by atoms with E-state index in [2.05, 4.69) is 21.2 Å². The van der Waals surface area contributed by atoms with Crippen molar-refractivity contribution in [2.24, 2.45) is 0 Å². The number of carbonyl (C=O) groups excluding carboxylic acids is 1. The van der Waals surface area contributed by atoms with Crippen LogP contribution in [0.15, 0.2) is 28.9 Å². The van der Waals surface area contributed by atoms with E-state index in [9.17, 15) is 10.1 Å². The Morgan fingerprint density at radius 1 is 1.52 bits per heavy atom. The Labute approximate surface area is 142 Å². The van der Waals surface area contributed by atoms with Crippen molar-refractivity contribution < 1.29 is 9.53 Å². The van der Waals surface area contributed by atoms with Gasteiger partial charge in [0.1, 0.15) is 6.07 Å². The summed E-state index contributed by atoms with van der Waals surface area (Å²) in [5.41, 5.74) is 8.06. The first-order valence-corrected chi connectivity index (χ1v) is 7.90. The molecule has 6 nitrogen and oxygen atoms in total. The number of esters is 1. The van der Waals surface area contributed by atoms with Crippen LogP contribution in [0.2, 0.25) is 0 Å². The molecule has 0 aliphatic heterocycles. The van der Waals surface area contributed by atoms with Crippen molar-refractivity contribution in [3.8, 4) is 11.8 Å². The molecule has 1 aliphatic rings.